The molecule has 2 aromatic rings. The fraction of sp³-hybridized carbons (Fsp3) is 0.423. The van der Waals surface area contributed by atoms with Gasteiger partial charge in [0.25, 0.3) is 0 Å². The Bertz CT molecular complexity index is 998. The zero-order valence-corrected chi connectivity index (χ0v) is 19.8. The van der Waals surface area contributed by atoms with Crippen LogP contribution in [0.15, 0.2) is 48.5 Å². The van der Waals surface area contributed by atoms with Gasteiger partial charge in [0.2, 0.25) is 5.91 Å². The molecule has 0 unspecified atom stereocenters. The van der Waals surface area contributed by atoms with Crippen molar-refractivity contribution >= 4 is 29.7 Å². The van der Waals surface area contributed by atoms with Crippen LogP contribution in [0.2, 0.25) is 0 Å². The molecule has 0 aliphatic heterocycles. The van der Waals surface area contributed by atoms with Crippen LogP contribution >= 0.6 is 11.8 Å². The maximum atomic E-state index is 12.2. The number of ether oxygens (including phenoxy) is 1. The van der Waals surface area contributed by atoms with Gasteiger partial charge in [-0.3, -0.25) is 9.59 Å². The number of carbonyl (C=O) groups excluding carboxylic acids is 2. The second kappa shape index (κ2) is 11.4. The topological polar surface area (TPSA) is 105 Å². The van der Waals surface area contributed by atoms with Crippen molar-refractivity contribution < 1.29 is 24.2 Å². The maximum Gasteiger partial charge on any atom is 0.407 e. The molecule has 34 heavy (non-hydrogen) atoms. The third-order valence-electron chi connectivity index (χ3n) is 6.46. The van der Waals surface area contributed by atoms with Crippen molar-refractivity contribution in [3.8, 4) is 11.1 Å². The van der Waals surface area contributed by atoms with Crippen LogP contribution < -0.4 is 10.6 Å². The van der Waals surface area contributed by atoms with Gasteiger partial charge in [0.15, 0.2) is 0 Å². The van der Waals surface area contributed by atoms with Gasteiger partial charge in [0.1, 0.15) is 6.61 Å². The molecule has 3 N–H and O–H groups in total. The predicted octanol–water partition coefficient (Wildman–Crippen LogP) is 4.02. The van der Waals surface area contributed by atoms with Gasteiger partial charge in [0, 0.05) is 30.7 Å². The van der Waals surface area contributed by atoms with E-state index in [1.807, 2.05) is 24.3 Å². The summed E-state index contributed by atoms with van der Waals surface area (Å²) in [6, 6.07) is 16.5. The van der Waals surface area contributed by atoms with Crippen molar-refractivity contribution in [1.82, 2.24) is 10.6 Å². The molecule has 2 aliphatic carbocycles. The summed E-state index contributed by atoms with van der Waals surface area (Å²) in [6.45, 7) is 0.693. The second-order valence-corrected chi connectivity index (χ2v) is 9.95. The van der Waals surface area contributed by atoms with E-state index in [4.69, 9.17) is 9.84 Å². The van der Waals surface area contributed by atoms with E-state index in [-0.39, 0.29) is 36.8 Å². The first-order chi connectivity index (χ1) is 16.5. The van der Waals surface area contributed by atoms with E-state index in [1.54, 1.807) is 0 Å². The first kappa shape index (κ1) is 24.1. The molecule has 0 bridgehead atoms. The Balaban J connectivity index is 1.12. The summed E-state index contributed by atoms with van der Waals surface area (Å²) in [6.07, 6.45) is 2.11. The maximum absolute atomic E-state index is 12.2. The fourth-order valence-electron chi connectivity index (χ4n) is 4.95. The summed E-state index contributed by atoms with van der Waals surface area (Å²) in [7, 11) is 0. The van der Waals surface area contributed by atoms with Crippen LogP contribution in [0.1, 0.15) is 42.7 Å². The molecule has 0 saturated heterocycles. The summed E-state index contributed by atoms with van der Waals surface area (Å²) in [4.78, 5) is 35.1. The number of rotatable bonds is 10. The van der Waals surface area contributed by atoms with E-state index >= 15 is 0 Å². The van der Waals surface area contributed by atoms with E-state index in [0.29, 0.717) is 18.1 Å². The lowest BCUT2D eigenvalue weighted by Gasteiger charge is -2.15. The number of nitrogens with one attached hydrogen (secondary N) is 2. The van der Waals surface area contributed by atoms with Crippen LogP contribution in [-0.4, -0.2) is 53.8 Å². The monoisotopic (exact) mass is 482 g/mol. The van der Waals surface area contributed by atoms with Crippen LogP contribution in [0.5, 0.6) is 0 Å². The normalized spacial score (nSPS) is 18.7. The SMILES string of the molecule is O=C(O)C[C@@H]1CC[C@H](NC(=O)CSCCNC(=O)OCC2c3ccccc3-c3ccccc32)C1. The van der Waals surface area contributed by atoms with Crippen molar-refractivity contribution in [3.05, 3.63) is 59.7 Å². The minimum Gasteiger partial charge on any atom is -0.481 e. The number of thioether (sulfide) groups is 1. The van der Waals surface area contributed by atoms with Gasteiger partial charge in [-0.1, -0.05) is 48.5 Å². The minimum absolute atomic E-state index is 0.0295. The number of alkyl carbamates (subject to hydrolysis) is 1. The van der Waals surface area contributed by atoms with E-state index in [9.17, 15) is 14.4 Å². The molecule has 0 aromatic heterocycles. The van der Waals surface area contributed by atoms with Crippen LogP contribution in [0.25, 0.3) is 11.1 Å². The molecular weight excluding hydrogens is 452 g/mol. The number of amides is 2. The molecule has 4 rings (SSSR count). The third-order valence-corrected chi connectivity index (χ3v) is 7.42. The zero-order valence-electron chi connectivity index (χ0n) is 19.0. The van der Waals surface area contributed by atoms with Crippen LogP contribution in [0, 0.1) is 5.92 Å². The molecule has 2 aliphatic rings. The fourth-order valence-corrected chi connectivity index (χ4v) is 5.61. The summed E-state index contributed by atoms with van der Waals surface area (Å²) >= 11 is 1.45. The molecule has 180 valence electrons. The number of aliphatic carboxylic acids is 1. The molecule has 2 aromatic carbocycles. The molecule has 0 spiro atoms. The minimum atomic E-state index is -0.781. The average Bonchev–Trinajstić information content (AvgIpc) is 3.38. The van der Waals surface area contributed by atoms with Gasteiger partial charge in [0.05, 0.1) is 5.75 Å². The predicted molar refractivity (Wildman–Crippen MR) is 132 cm³/mol. The molecule has 1 saturated carbocycles. The summed E-state index contributed by atoms with van der Waals surface area (Å²) in [5.74, 6) is 0.262. The number of carbonyl (C=O) groups is 3. The van der Waals surface area contributed by atoms with Crippen molar-refractivity contribution in [3.63, 3.8) is 0 Å². The molecule has 2 amide bonds. The number of carboxylic acids is 1. The van der Waals surface area contributed by atoms with Gasteiger partial charge in [-0.25, -0.2) is 4.79 Å². The van der Waals surface area contributed by atoms with Gasteiger partial charge < -0.3 is 20.5 Å². The molecular formula is C26H30N2O5S. The van der Waals surface area contributed by atoms with E-state index < -0.39 is 12.1 Å². The van der Waals surface area contributed by atoms with Gasteiger partial charge in [-0.05, 0) is 47.4 Å². The van der Waals surface area contributed by atoms with Gasteiger partial charge in [-0.15, -0.1) is 0 Å². The molecule has 2 atom stereocenters. The Morgan fingerprint density at radius 3 is 2.35 bits per heavy atom. The smallest absolute Gasteiger partial charge is 0.407 e. The molecule has 7 nitrogen and oxygen atoms in total. The Labute approximate surface area is 203 Å². The third kappa shape index (κ3) is 6.11. The zero-order chi connectivity index (χ0) is 23.9. The van der Waals surface area contributed by atoms with Crippen molar-refractivity contribution in [2.24, 2.45) is 5.92 Å². The van der Waals surface area contributed by atoms with Gasteiger partial charge >= 0.3 is 12.1 Å². The number of carboxylic acid groups (broad SMARTS) is 1. The van der Waals surface area contributed by atoms with Crippen LogP contribution in [-0.2, 0) is 14.3 Å². The summed E-state index contributed by atoms with van der Waals surface area (Å²) in [5.41, 5.74) is 4.73. The molecule has 0 radical (unpaired) electrons. The summed E-state index contributed by atoms with van der Waals surface area (Å²) < 4.78 is 5.51. The Morgan fingerprint density at radius 1 is 1.00 bits per heavy atom. The Kier molecular flexibility index (Phi) is 8.11. The standard InChI is InChI=1S/C26H30N2O5S/c29-24(28-18-10-9-17(13-18)14-25(30)31)16-34-12-11-27-26(32)33-15-23-21-7-3-1-5-19(21)20-6-2-4-8-22(20)23/h1-8,17-18,23H,9-16H2,(H,27,32)(H,28,29)(H,30,31)/t17-,18+/m1/s1. The lowest BCUT2D eigenvalue weighted by atomic mass is 9.98. The highest BCUT2D eigenvalue weighted by atomic mass is 32.2. The van der Waals surface area contributed by atoms with Crippen molar-refractivity contribution in [2.45, 2.75) is 37.6 Å². The lowest BCUT2D eigenvalue weighted by Crippen LogP contribution is -2.34. The highest BCUT2D eigenvalue weighted by Crippen LogP contribution is 2.44. The molecule has 8 heteroatoms. The van der Waals surface area contributed by atoms with E-state index in [0.717, 1.165) is 19.3 Å². The Morgan fingerprint density at radius 2 is 1.68 bits per heavy atom. The highest BCUT2D eigenvalue weighted by Gasteiger charge is 2.29. The Hall–Kier alpha value is -3.00. The average molecular weight is 483 g/mol. The van der Waals surface area contributed by atoms with Crippen molar-refractivity contribution in [2.75, 3.05) is 24.7 Å². The number of benzene rings is 2. The van der Waals surface area contributed by atoms with Crippen LogP contribution in [0.4, 0.5) is 4.79 Å². The van der Waals surface area contributed by atoms with Crippen LogP contribution in [0.3, 0.4) is 0 Å². The number of hydrogen-bond donors (Lipinski definition) is 3. The lowest BCUT2D eigenvalue weighted by molar-refractivity contribution is -0.138. The van der Waals surface area contributed by atoms with E-state index in [2.05, 4.69) is 34.9 Å². The van der Waals surface area contributed by atoms with Gasteiger partial charge in [-0.2, -0.15) is 11.8 Å². The second-order valence-electron chi connectivity index (χ2n) is 8.85. The first-order valence-corrected chi connectivity index (χ1v) is 12.8. The number of fused-ring (bicyclic) bond motifs is 3. The highest BCUT2D eigenvalue weighted by molar-refractivity contribution is 7.99. The largest absolute Gasteiger partial charge is 0.481 e. The molecule has 0 heterocycles. The summed E-state index contributed by atoms with van der Waals surface area (Å²) in [5, 5.41) is 14.6. The quantitative estimate of drug-likeness (QED) is 0.442. The van der Waals surface area contributed by atoms with E-state index in [1.165, 1.54) is 34.0 Å². The number of hydrogen-bond acceptors (Lipinski definition) is 5. The first-order valence-electron chi connectivity index (χ1n) is 11.7. The van der Waals surface area contributed by atoms with Crippen molar-refractivity contribution in [1.29, 1.82) is 0 Å². The molecule has 1 fully saturated rings.